The van der Waals surface area contributed by atoms with Crippen LogP contribution >= 0.6 is 0 Å². The Morgan fingerprint density at radius 3 is 1.95 bits per heavy atom. The summed E-state index contributed by atoms with van der Waals surface area (Å²) in [6.07, 6.45) is -12.8. The molecule has 19 heavy (non-hydrogen) atoms. The molecule has 0 aliphatic heterocycles. The maximum Gasteiger partial charge on any atom is 0.434 e. The Hall–Kier alpha value is -1.21. The van der Waals surface area contributed by atoms with Gasteiger partial charge in [-0.2, -0.15) is 26.3 Å². The predicted molar refractivity (Wildman–Crippen MR) is 53.0 cm³/mol. The minimum absolute atomic E-state index is 0.0322. The number of alkyl halides is 6. The number of carbonyl (C=O) groups excluding carboxylic acids is 1. The molecule has 1 aliphatic carbocycles. The SMILES string of the molecule is CC1(C)CC1/C=C\C(=O)OC(C(F)(F)F)C(F)(F)F. The van der Waals surface area contributed by atoms with Crippen LogP contribution in [0, 0.1) is 11.3 Å². The molecule has 110 valence electrons. The van der Waals surface area contributed by atoms with E-state index >= 15 is 0 Å². The van der Waals surface area contributed by atoms with Gasteiger partial charge in [-0.05, 0) is 17.8 Å². The van der Waals surface area contributed by atoms with E-state index in [0.29, 0.717) is 6.08 Å². The van der Waals surface area contributed by atoms with Crippen LogP contribution in [0.4, 0.5) is 26.3 Å². The summed E-state index contributed by atoms with van der Waals surface area (Å²) in [7, 11) is 0. The molecule has 1 unspecified atom stereocenters. The number of hydrogen-bond donors (Lipinski definition) is 0. The van der Waals surface area contributed by atoms with E-state index < -0.39 is 24.4 Å². The molecule has 0 N–H and O–H groups in total. The zero-order chi connectivity index (χ0) is 15.1. The van der Waals surface area contributed by atoms with E-state index in [0.717, 1.165) is 6.42 Å². The van der Waals surface area contributed by atoms with Gasteiger partial charge in [0.1, 0.15) is 0 Å². The average molecular weight is 290 g/mol. The number of allylic oxidation sites excluding steroid dienone is 1. The smallest absolute Gasteiger partial charge is 0.434 e. The zero-order valence-corrected chi connectivity index (χ0v) is 10.1. The molecule has 0 aromatic carbocycles. The maximum absolute atomic E-state index is 12.1. The fourth-order valence-corrected chi connectivity index (χ4v) is 1.51. The lowest BCUT2D eigenvalue weighted by atomic mass is 10.1. The standard InChI is InChI=1S/C11H12F6O2/c1-9(2)5-6(9)3-4-7(18)19-8(10(12,13)14)11(15,16)17/h3-4,6,8H,5H2,1-2H3/b4-3-. The second-order valence-electron chi connectivity index (χ2n) is 5.06. The number of halogens is 6. The van der Waals surface area contributed by atoms with Crippen LogP contribution in [-0.4, -0.2) is 24.4 Å². The van der Waals surface area contributed by atoms with Gasteiger partial charge in [0.25, 0.3) is 6.10 Å². The highest BCUT2D eigenvalue weighted by atomic mass is 19.4. The monoisotopic (exact) mass is 290 g/mol. The van der Waals surface area contributed by atoms with Gasteiger partial charge in [-0.3, -0.25) is 0 Å². The molecule has 0 heterocycles. The van der Waals surface area contributed by atoms with Gasteiger partial charge < -0.3 is 4.74 Å². The molecule has 0 radical (unpaired) electrons. The van der Waals surface area contributed by atoms with Gasteiger partial charge in [-0.25, -0.2) is 4.79 Å². The van der Waals surface area contributed by atoms with Crippen molar-refractivity contribution >= 4 is 5.97 Å². The third-order valence-corrected chi connectivity index (χ3v) is 2.88. The van der Waals surface area contributed by atoms with Crippen LogP contribution in [0.15, 0.2) is 12.2 Å². The molecule has 1 rings (SSSR count). The van der Waals surface area contributed by atoms with Crippen molar-refractivity contribution in [2.45, 2.75) is 38.7 Å². The zero-order valence-electron chi connectivity index (χ0n) is 10.1. The van der Waals surface area contributed by atoms with E-state index in [9.17, 15) is 31.1 Å². The second kappa shape index (κ2) is 4.72. The minimum atomic E-state index is -5.68. The van der Waals surface area contributed by atoms with Gasteiger partial charge in [0.05, 0.1) is 0 Å². The highest BCUT2D eigenvalue weighted by Gasteiger charge is 2.59. The summed E-state index contributed by atoms with van der Waals surface area (Å²) in [5.41, 5.74) is -0.0791. The van der Waals surface area contributed by atoms with E-state index in [2.05, 4.69) is 4.74 Å². The molecule has 0 bridgehead atoms. The fraction of sp³-hybridized carbons (Fsp3) is 0.727. The molecule has 0 saturated heterocycles. The molecule has 1 aliphatic rings. The minimum Gasteiger partial charge on any atom is -0.440 e. The summed E-state index contributed by atoms with van der Waals surface area (Å²) in [5, 5.41) is 0. The van der Waals surface area contributed by atoms with Crippen LogP contribution in [0.5, 0.6) is 0 Å². The first-order valence-electron chi connectivity index (χ1n) is 5.36. The molecule has 2 nitrogen and oxygen atoms in total. The molecule has 0 amide bonds. The van der Waals surface area contributed by atoms with Crippen molar-refractivity contribution in [2.24, 2.45) is 11.3 Å². The molecule has 1 atom stereocenters. The topological polar surface area (TPSA) is 26.3 Å². The highest BCUT2D eigenvalue weighted by Crippen LogP contribution is 2.52. The fourth-order valence-electron chi connectivity index (χ4n) is 1.51. The van der Waals surface area contributed by atoms with Gasteiger partial charge in [-0.1, -0.05) is 19.9 Å². The number of esters is 1. The normalized spacial score (nSPS) is 22.9. The van der Waals surface area contributed by atoms with E-state index in [1.807, 2.05) is 13.8 Å². The van der Waals surface area contributed by atoms with Crippen molar-refractivity contribution in [3.8, 4) is 0 Å². The van der Waals surface area contributed by atoms with E-state index in [-0.39, 0.29) is 11.3 Å². The number of rotatable bonds is 3. The Morgan fingerprint density at radius 2 is 1.63 bits per heavy atom. The third-order valence-electron chi connectivity index (χ3n) is 2.88. The first-order chi connectivity index (χ1) is 8.34. The summed E-state index contributed by atoms with van der Waals surface area (Å²) in [5.74, 6) is -1.68. The van der Waals surface area contributed by atoms with E-state index in [1.54, 1.807) is 0 Å². The molecular formula is C11H12F6O2. The Kier molecular flexibility index (Phi) is 3.93. The lowest BCUT2D eigenvalue weighted by molar-refractivity contribution is -0.312. The first kappa shape index (κ1) is 15.8. The van der Waals surface area contributed by atoms with Crippen LogP contribution in [0.25, 0.3) is 0 Å². The number of hydrogen-bond acceptors (Lipinski definition) is 2. The first-order valence-corrected chi connectivity index (χ1v) is 5.36. The lowest BCUT2D eigenvalue weighted by Gasteiger charge is -2.22. The highest BCUT2D eigenvalue weighted by molar-refractivity contribution is 5.82. The van der Waals surface area contributed by atoms with Gasteiger partial charge in [-0.15, -0.1) is 0 Å². The van der Waals surface area contributed by atoms with E-state index in [4.69, 9.17) is 0 Å². The Morgan fingerprint density at radius 1 is 1.21 bits per heavy atom. The van der Waals surface area contributed by atoms with Gasteiger partial charge in [0.2, 0.25) is 0 Å². The summed E-state index contributed by atoms with van der Waals surface area (Å²) >= 11 is 0. The summed E-state index contributed by atoms with van der Waals surface area (Å²) in [6, 6.07) is 0. The molecule has 1 saturated carbocycles. The molecule has 0 aromatic heterocycles. The van der Waals surface area contributed by atoms with E-state index in [1.165, 1.54) is 6.08 Å². The van der Waals surface area contributed by atoms with Gasteiger partial charge >= 0.3 is 18.3 Å². The quantitative estimate of drug-likeness (QED) is 0.451. The largest absolute Gasteiger partial charge is 0.440 e. The Balaban J connectivity index is 2.63. The van der Waals surface area contributed by atoms with Gasteiger partial charge in [0, 0.05) is 6.08 Å². The summed E-state index contributed by atoms with van der Waals surface area (Å²) < 4.78 is 76.0. The van der Waals surface area contributed by atoms with Crippen molar-refractivity contribution < 1.29 is 35.9 Å². The van der Waals surface area contributed by atoms with Crippen LogP contribution in [0.2, 0.25) is 0 Å². The number of ether oxygens (including phenoxy) is 1. The average Bonchev–Trinajstić information content (AvgIpc) is 2.76. The maximum atomic E-state index is 12.1. The Labute approximate surface area is 105 Å². The van der Waals surface area contributed by atoms with Crippen molar-refractivity contribution in [1.29, 1.82) is 0 Å². The molecule has 8 heteroatoms. The number of carbonyl (C=O) groups is 1. The Bertz CT molecular complexity index is 366. The molecule has 0 spiro atoms. The van der Waals surface area contributed by atoms with Crippen LogP contribution in [0.3, 0.4) is 0 Å². The van der Waals surface area contributed by atoms with Crippen LogP contribution < -0.4 is 0 Å². The van der Waals surface area contributed by atoms with Gasteiger partial charge in [0.15, 0.2) is 0 Å². The van der Waals surface area contributed by atoms with Crippen LogP contribution in [0.1, 0.15) is 20.3 Å². The molecule has 0 aromatic rings. The molecular weight excluding hydrogens is 278 g/mol. The van der Waals surface area contributed by atoms with Crippen LogP contribution in [-0.2, 0) is 9.53 Å². The van der Waals surface area contributed by atoms with Crippen molar-refractivity contribution in [3.63, 3.8) is 0 Å². The summed E-state index contributed by atoms with van der Waals surface area (Å²) in [6.45, 7) is 3.73. The van der Waals surface area contributed by atoms with Crippen molar-refractivity contribution in [1.82, 2.24) is 0 Å². The third kappa shape index (κ3) is 4.43. The van der Waals surface area contributed by atoms with Crippen molar-refractivity contribution in [3.05, 3.63) is 12.2 Å². The summed E-state index contributed by atoms with van der Waals surface area (Å²) in [4.78, 5) is 11.0. The second-order valence-corrected chi connectivity index (χ2v) is 5.06. The molecule has 1 fully saturated rings. The van der Waals surface area contributed by atoms with Crippen molar-refractivity contribution in [2.75, 3.05) is 0 Å². The lowest BCUT2D eigenvalue weighted by Crippen LogP contribution is -2.45. The predicted octanol–water partition coefficient (Wildman–Crippen LogP) is 3.63.